The van der Waals surface area contributed by atoms with Crippen molar-refractivity contribution >= 4 is 12.0 Å². The van der Waals surface area contributed by atoms with E-state index in [0.29, 0.717) is 19.7 Å². The molecule has 0 saturated carbocycles. The van der Waals surface area contributed by atoms with Gasteiger partial charge in [-0.1, -0.05) is 30.3 Å². The number of nitrogens with one attached hydrogen (secondary N) is 1. The number of likely N-dealkylation sites (tertiary alicyclic amines) is 1. The molecule has 1 aromatic carbocycles. The normalized spacial score (nSPS) is 19.4. The number of ether oxygens (including phenoxy) is 1. The molecule has 1 saturated heterocycles. The first-order chi connectivity index (χ1) is 10.6. The maximum atomic E-state index is 12.4. The summed E-state index contributed by atoms with van der Waals surface area (Å²) in [6, 6.07) is 9.83. The monoisotopic (exact) mass is 304 g/mol. The van der Waals surface area contributed by atoms with Crippen LogP contribution in [0, 0.1) is 5.92 Å². The molecule has 0 aliphatic carbocycles. The summed E-state index contributed by atoms with van der Waals surface area (Å²) in [6.45, 7) is 5.22. The Hall–Kier alpha value is -2.04. The van der Waals surface area contributed by atoms with Crippen LogP contribution in [-0.4, -0.2) is 36.6 Å². The Morgan fingerprint density at radius 2 is 2.09 bits per heavy atom. The largest absolute Gasteiger partial charge is 0.450 e. The molecule has 2 unspecified atom stereocenters. The number of hydrogen-bond donors (Lipinski definition) is 1. The molecule has 1 aliphatic heterocycles. The fourth-order valence-electron chi connectivity index (χ4n) is 2.73. The molecule has 1 fully saturated rings. The van der Waals surface area contributed by atoms with E-state index in [0.717, 1.165) is 18.4 Å². The summed E-state index contributed by atoms with van der Waals surface area (Å²) >= 11 is 0. The average Bonchev–Trinajstić information content (AvgIpc) is 2.56. The van der Waals surface area contributed by atoms with Gasteiger partial charge in [0.1, 0.15) is 0 Å². The zero-order valence-electron chi connectivity index (χ0n) is 13.2. The van der Waals surface area contributed by atoms with Crippen LogP contribution in [0.1, 0.15) is 38.3 Å². The van der Waals surface area contributed by atoms with E-state index < -0.39 is 0 Å². The van der Waals surface area contributed by atoms with Crippen LogP contribution >= 0.6 is 0 Å². The van der Waals surface area contributed by atoms with E-state index in [4.69, 9.17) is 4.74 Å². The average molecular weight is 304 g/mol. The van der Waals surface area contributed by atoms with Crippen LogP contribution in [0.2, 0.25) is 0 Å². The fourth-order valence-corrected chi connectivity index (χ4v) is 2.73. The lowest BCUT2D eigenvalue weighted by molar-refractivity contribution is -0.127. The van der Waals surface area contributed by atoms with E-state index in [1.54, 1.807) is 11.8 Å². The van der Waals surface area contributed by atoms with Crippen molar-refractivity contribution in [3.63, 3.8) is 0 Å². The lowest BCUT2D eigenvalue weighted by Crippen LogP contribution is -2.46. The summed E-state index contributed by atoms with van der Waals surface area (Å²) in [6.07, 6.45) is 1.32. The predicted molar refractivity (Wildman–Crippen MR) is 84.3 cm³/mol. The standard InChI is InChI=1S/C17H24N2O3/c1-3-22-17(21)19-11-7-10-15(12-19)16(20)18-13(2)14-8-5-4-6-9-14/h4-6,8-9,13,15H,3,7,10-12H2,1-2H3,(H,18,20). The van der Waals surface area contributed by atoms with E-state index >= 15 is 0 Å². The van der Waals surface area contributed by atoms with Gasteiger partial charge in [-0.15, -0.1) is 0 Å². The molecular weight excluding hydrogens is 280 g/mol. The second-order valence-electron chi connectivity index (χ2n) is 5.63. The van der Waals surface area contributed by atoms with Crippen molar-refractivity contribution in [1.82, 2.24) is 10.2 Å². The Morgan fingerprint density at radius 1 is 1.36 bits per heavy atom. The third-order valence-corrected chi connectivity index (χ3v) is 3.98. The van der Waals surface area contributed by atoms with Gasteiger partial charge in [-0.2, -0.15) is 0 Å². The number of nitrogens with zero attached hydrogens (tertiary/aromatic N) is 1. The van der Waals surface area contributed by atoms with Gasteiger partial charge in [0.2, 0.25) is 5.91 Å². The molecule has 1 aromatic rings. The molecule has 0 spiro atoms. The first-order valence-electron chi connectivity index (χ1n) is 7.88. The minimum atomic E-state index is -0.323. The van der Waals surface area contributed by atoms with Crippen LogP contribution < -0.4 is 5.32 Å². The van der Waals surface area contributed by atoms with Crippen LogP contribution in [0.5, 0.6) is 0 Å². The van der Waals surface area contributed by atoms with Gasteiger partial charge >= 0.3 is 6.09 Å². The molecule has 0 aromatic heterocycles. The van der Waals surface area contributed by atoms with Gasteiger partial charge in [0.25, 0.3) is 0 Å². The Bertz CT molecular complexity index is 504. The quantitative estimate of drug-likeness (QED) is 0.930. The van der Waals surface area contributed by atoms with Gasteiger partial charge in [0.05, 0.1) is 18.6 Å². The second-order valence-corrected chi connectivity index (χ2v) is 5.63. The van der Waals surface area contributed by atoms with Gasteiger partial charge in [-0.25, -0.2) is 4.79 Å². The van der Waals surface area contributed by atoms with Gasteiger partial charge < -0.3 is 15.0 Å². The number of piperidine rings is 1. The fraction of sp³-hybridized carbons (Fsp3) is 0.529. The van der Waals surface area contributed by atoms with E-state index in [1.807, 2.05) is 37.3 Å². The second kappa shape index (κ2) is 7.82. The van der Waals surface area contributed by atoms with Crippen molar-refractivity contribution < 1.29 is 14.3 Å². The molecule has 5 nitrogen and oxygen atoms in total. The van der Waals surface area contributed by atoms with Crippen LogP contribution in [0.3, 0.4) is 0 Å². The molecule has 2 atom stereocenters. The molecule has 22 heavy (non-hydrogen) atoms. The molecule has 2 rings (SSSR count). The highest BCUT2D eigenvalue weighted by Gasteiger charge is 2.29. The summed E-state index contributed by atoms with van der Waals surface area (Å²) in [7, 11) is 0. The SMILES string of the molecule is CCOC(=O)N1CCCC(C(=O)NC(C)c2ccccc2)C1. The first-order valence-corrected chi connectivity index (χ1v) is 7.88. The molecule has 0 bridgehead atoms. The molecule has 1 N–H and O–H groups in total. The topological polar surface area (TPSA) is 58.6 Å². The summed E-state index contributed by atoms with van der Waals surface area (Å²) in [5.74, 6) is -0.158. The van der Waals surface area contributed by atoms with Crippen LogP contribution in [0.4, 0.5) is 4.79 Å². The summed E-state index contributed by atoms with van der Waals surface area (Å²) in [5.41, 5.74) is 1.08. The Labute approximate surface area is 131 Å². The maximum Gasteiger partial charge on any atom is 0.409 e. The van der Waals surface area contributed by atoms with Crippen LogP contribution in [0.25, 0.3) is 0 Å². The third-order valence-electron chi connectivity index (χ3n) is 3.98. The molecule has 2 amide bonds. The summed E-state index contributed by atoms with van der Waals surface area (Å²) < 4.78 is 5.02. The third kappa shape index (κ3) is 4.23. The number of amides is 2. The lowest BCUT2D eigenvalue weighted by Gasteiger charge is -2.31. The summed E-state index contributed by atoms with van der Waals surface area (Å²) in [4.78, 5) is 25.8. The number of carbonyl (C=O) groups is 2. The first kappa shape index (κ1) is 16.3. The number of benzene rings is 1. The smallest absolute Gasteiger partial charge is 0.409 e. The van der Waals surface area contributed by atoms with Gasteiger partial charge in [0.15, 0.2) is 0 Å². The van der Waals surface area contributed by atoms with Gasteiger partial charge in [0, 0.05) is 13.1 Å². The number of rotatable bonds is 4. The van der Waals surface area contributed by atoms with Crippen molar-refractivity contribution in [2.24, 2.45) is 5.92 Å². The molecule has 120 valence electrons. The highest BCUT2D eigenvalue weighted by atomic mass is 16.6. The Kier molecular flexibility index (Phi) is 5.81. The number of hydrogen-bond acceptors (Lipinski definition) is 3. The Balaban J connectivity index is 1.90. The minimum Gasteiger partial charge on any atom is -0.450 e. The maximum absolute atomic E-state index is 12.4. The van der Waals surface area contributed by atoms with Crippen molar-refractivity contribution in [2.75, 3.05) is 19.7 Å². The molecule has 1 heterocycles. The zero-order valence-corrected chi connectivity index (χ0v) is 13.2. The van der Waals surface area contributed by atoms with Crippen LogP contribution in [0.15, 0.2) is 30.3 Å². The highest BCUT2D eigenvalue weighted by molar-refractivity contribution is 5.80. The van der Waals surface area contributed by atoms with E-state index in [-0.39, 0.29) is 24.0 Å². The minimum absolute atomic E-state index is 0.00496. The van der Waals surface area contributed by atoms with E-state index in [1.165, 1.54) is 0 Å². The van der Waals surface area contributed by atoms with Crippen LogP contribution in [-0.2, 0) is 9.53 Å². The molecule has 5 heteroatoms. The molecular formula is C17H24N2O3. The van der Waals surface area contributed by atoms with E-state index in [2.05, 4.69) is 5.32 Å². The predicted octanol–water partition coefficient (Wildman–Crippen LogP) is 2.73. The molecule has 0 radical (unpaired) electrons. The summed E-state index contributed by atoms with van der Waals surface area (Å²) in [5, 5.41) is 3.04. The van der Waals surface area contributed by atoms with Crippen molar-refractivity contribution in [3.05, 3.63) is 35.9 Å². The molecule has 1 aliphatic rings. The van der Waals surface area contributed by atoms with Crippen molar-refractivity contribution in [3.8, 4) is 0 Å². The van der Waals surface area contributed by atoms with Crippen molar-refractivity contribution in [1.29, 1.82) is 0 Å². The number of carbonyl (C=O) groups excluding carboxylic acids is 2. The highest BCUT2D eigenvalue weighted by Crippen LogP contribution is 2.19. The van der Waals surface area contributed by atoms with E-state index in [9.17, 15) is 9.59 Å². The van der Waals surface area contributed by atoms with Gasteiger partial charge in [-0.05, 0) is 32.3 Å². The zero-order chi connectivity index (χ0) is 15.9. The van der Waals surface area contributed by atoms with Gasteiger partial charge in [-0.3, -0.25) is 4.79 Å². The van der Waals surface area contributed by atoms with Crippen molar-refractivity contribution in [2.45, 2.75) is 32.7 Å². The lowest BCUT2D eigenvalue weighted by atomic mass is 9.96. The Morgan fingerprint density at radius 3 is 2.77 bits per heavy atom.